The highest BCUT2D eigenvalue weighted by Crippen LogP contribution is 2.22. The molecule has 0 saturated carbocycles. The first kappa shape index (κ1) is 19.6. The van der Waals surface area contributed by atoms with Crippen LogP contribution in [-0.4, -0.2) is 31.4 Å². The first-order chi connectivity index (χ1) is 15.2. The Hall–Kier alpha value is -3.35. The second-order valence-electron chi connectivity index (χ2n) is 7.59. The lowest BCUT2D eigenvalue weighted by molar-refractivity contribution is 0.241. The fraction of sp³-hybridized carbons (Fsp3) is 0.167. The second kappa shape index (κ2) is 8.41. The van der Waals surface area contributed by atoms with Gasteiger partial charge in [0, 0.05) is 60.8 Å². The Morgan fingerprint density at radius 3 is 2.55 bits per heavy atom. The van der Waals surface area contributed by atoms with E-state index in [9.17, 15) is 4.79 Å². The molecule has 0 aliphatic carbocycles. The van der Waals surface area contributed by atoms with Crippen molar-refractivity contribution in [2.75, 3.05) is 6.54 Å². The topological polar surface area (TPSA) is 74.8 Å². The van der Waals surface area contributed by atoms with E-state index in [0.717, 1.165) is 53.2 Å². The van der Waals surface area contributed by atoms with Crippen LogP contribution in [0, 0.1) is 0 Å². The van der Waals surface area contributed by atoms with Crippen molar-refractivity contribution < 1.29 is 0 Å². The quantitative estimate of drug-likeness (QED) is 0.528. The van der Waals surface area contributed by atoms with Gasteiger partial charge in [-0.05, 0) is 35.9 Å². The first-order valence-electron chi connectivity index (χ1n) is 10.1. The number of fused-ring (bicyclic) bond motifs is 1. The van der Waals surface area contributed by atoms with Crippen LogP contribution in [0.25, 0.3) is 22.6 Å². The van der Waals surface area contributed by atoms with E-state index >= 15 is 0 Å². The smallest absolute Gasteiger partial charge is 0.255 e. The molecule has 0 fully saturated rings. The molecule has 0 bridgehead atoms. The third-order valence-corrected chi connectivity index (χ3v) is 5.72. The number of aromatic nitrogens is 4. The van der Waals surface area contributed by atoms with E-state index in [1.807, 2.05) is 48.7 Å². The van der Waals surface area contributed by atoms with Gasteiger partial charge in [-0.2, -0.15) is 0 Å². The van der Waals surface area contributed by atoms with Crippen LogP contribution in [0.15, 0.2) is 71.9 Å². The van der Waals surface area contributed by atoms with Crippen molar-refractivity contribution in [3.05, 3.63) is 99.3 Å². The number of aromatic amines is 1. The number of benzene rings is 1. The van der Waals surface area contributed by atoms with Crippen LogP contribution in [0.4, 0.5) is 0 Å². The summed E-state index contributed by atoms with van der Waals surface area (Å²) in [7, 11) is 0. The lowest BCUT2D eigenvalue weighted by atomic mass is 10.1. The Kier molecular flexibility index (Phi) is 5.32. The number of halogens is 1. The Labute approximate surface area is 184 Å². The largest absolute Gasteiger partial charge is 0.306 e. The Morgan fingerprint density at radius 1 is 1.00 bits per heavy atom. The van der Waals surface area contributed by atoms with Gasteiger partial charge in [0.05, 0.1) is 17.0 Å². The molecule has 0 unspecified atom stereocenters. The number of nitrogens with one attached hydrogen (secondary N) is 1. The Morgan fingerprint density at radius 2 is 1.81 bits per heavy atom. The van der Waals surface area contributed by atoms with Gasteiger partial charge in [0.15, 0.2) is 0 Å². The molecule has 0 spiro atoms. The summed E-state index contributed by atoms with van der Waals surface area (Å²) in [4.78, 5) is 31.2. The van der Waals surface area contributed by atoms with Crippen molar-refractivity contribution in [3.8, 4) is 22.6 Å². The van der Waals surface area contributed by atoms with Crippen LogP contribution >= 0.6 is 11.6 Å². The molecule has 1 aromatic carbocycles. The van der Waals surface area contributed by atoms with Crippen molar-refractivity contribution in [2.45, 2.75) is 19.5 Å². The van der Waals surface area contributed by atoms with Crippen molar-refractivity contribution in [3.63, 3.8) is 0 Å². The summed E-state index contributed by atoms with van der Waals surface area (Å²) in [5.41, 5.74) is 5.47. The van der Waals surface area contributed by atoms with Gasteiger partial charge in [0.1, 0.15) is 5.82 Å². The molecule has 0 radical (unpaired) electrons. The lowest BCUT2D eigenvalue weighted by Gasteiger charge is -2.27. The minimum absolute atomic E-state index is 0.0716. The summed E-state index contributed by atoms with van der Waals surface area (Å²) in [6.45, 7) is 2.16. The van der Waals surface area contributed by atoms with E-state index in [-0.39, 0.29) is 5.56 Å². The predicted molar refractivity (Wildman–Crippen MR) is 121 cm³/mol. The van der Waals surface area contributed by atoms with Crippen molar-refractivity contribution >= 4 is 11.6 Å². The predicted octanol–water partition coefficient (Wildman–Crippen LogP) is 4.11. The molecular weight excluding hydrogens is 410 g/mol. The van der Waals surface area contributed by atoms with Gasteiger partial charge in [0.2, 0.25) is 0 Å². The number of rotatable bonds is 4. The summed E-state index contributed by atoms with van der Waals surface area (Å²) >= 11 is 5.96. The van der Waals surface area contributed by atoms with E-state index in [1.54, 1.807) is 12.4 Å². The van der Waals surface area contributed by atoms with E-state index in [4.69, 9.17) is 16.6 Å². The average molecular weight is 430 g/mol. The maximum absolute atomic E-state index is 12.7. The summed E-state index contributed by atoms with van der Waals surface area (Å²) in [5, 5.41) is 0.711. The van der Waals surface area contributed by atoms with Crippen LogP contribution < -0.4 is 5.56 Å². The van der Waals surface area contributed by atoms with Gasteiger partial charge in [-0.3, -0.25) is 19.7 Å². The highest BCUT2D eigenvalue weighted by molar-refractivity contribution is 6.30. The Bertz CT molecular complexity index is 1250. The summed E-state index contributed by atoms with van der Waals surface area (Å²) < 4.78 is 0. The number of hydrogen-bond donors (Lipinski definition) is 1. The van der Waals surface area contributed by atoms with Crippen molar-refractivity contribution in [1.29, 1.82) is 0 Å². The van der Waals surface area contributed by atoms with Gasteiger partial charge in [0.25, 0.3) is 5.56 Å². The highest BCUT2D eigenvalue weighted by atomic mass is 35.5. The normalized spacial score (nSPS) is 13.7. The molecule has 6 nitrogen and oxygen atoms in total. The molecule has 3 aromatic heterocycles. The second-order valence-corrected chi connectivity index (χ2v) is 8.03. The van der Waals surface area contributed by atoms with E-state index in [2.05, 4.69) is 25.9 Å². The molecule has 5 rings (SSSR count). The number of hydrogen-bond acceptors (Lipinski definition) is 5. The van der Waals surface area contributed by atoms with Gasteiger partial charge < -0.3 is 4.98 Å². The van der Waals surface area contributed by atoms with Crippen molar-refractivity contribution in [1.82, 2.24) is 24.8 Å². The van der Waals surface area contributed by atoms with E-state index < -0.39 is 0 Å². The van der Waals surface area contributed by atoms with E-state index in [1.165, 1.54) is 0 Å². The molecule has 1 aliphatic rings. The number of pyridine rings is 2. The monoisotopic (exact) mass is 429 g/mol. The maximum Gasteiger partial charge on any atom is 0.255 e. The molecule has 0 saturated heterocycles. The molecule has 0 atom stereocenters. The zero-order chi connectivity index (χ0) is 21.2. The highest BCUT2D eigenvalue weighted by Gasteiger charge is 2.21. The fourth-order valence-electron chi connectivity index (χ4n) is 3.83. The van der Waals surface area contributed by atoms with Crippen LogP contribution in [-0.2, 0) is 19.5 Å². The summed E-state index contributed by atoms with van der Waals surface area (Å²) in [5.74, 6) is 0.599. The average Bonchev–Trinajstić information content (AvgIpc) is 2.81. The standard InChI is InChI=1S/C24H20ClN5O/c25-19-4-2-17(3-5-19)21-6-1-16(13-27-21)14-30-12-9-22-20(15-30)24(31)29-23(28-22)18-7-10-26-11-8-18/h1-8,10-11,13H,9,12,14-15H2,(H,28,29,31). The van der Waals surface area contributed by atoms with Crippen LogP contribution in [0.1, 0.15) is 16.8 Å². The molecule has 1 aliphatic heterocycles. The van der Waals surface area contributed by atoms with E-state index in [0.29, 0.717) is 17.4 Å². The SMILES string of the molecule is O=c1[nH]c(-c2ccncc2)nc2c1CN(Cc1ccc(-c3ccc(Cl)cc3)nc1)CC2. The van der Waals surface area contributed by atoms with Crippen molar-refractivity contribution in [2.24, 2.45) is 0 Å². The van der Waals surface area contributed by atoms with Gasteiger partial charge in [-0.15, -0.1) is 0 Å². The Balaban J connectivity index is 1.31. The van der Waals surface area contributed by atoms with Gasteiger partial charge in [-0.1, -0.05) is 29.8 Å². The fourth-order valence-corrected chi connectivity index (χ4v) is 3.96. The van der Waals surface area contributed by atoms with Gasteiger partial charge >= 0.3 is 0 Å². The zero-order valence-corrected chi connectivity index (χ0v) is 17.5. The molecule has 4 heterocycles. The molecular formula is C24H20ClN5O. The minimum atomic E-state index is -0.0716. The number of H-pyrrole nitrogens is 1. The van der Waals surface area contributed by atoms with Crippen LogP contribution in [0.2, 0.25) is 5.02 Å². The third kappa shape index (κ3) is 4.26. The maximum atomic E-state index is 12.7. The molecule has 154 valence electrons. The van der Waals surface area contributed by atoms with Crippen LogP contribution in [0.5, 0.6) is 0 Å². The minimum Gasteiger partial charge on any atom is -0.306 e. The molecule has 7 heteroatoms. The zero-order valence-electron chi connectivity index (χ0n) is 16.8. The molecule has 1 N–H and O–H groups in total. The lowest BCUT2D eigenvalue weighted by Crippen LogP contribution is -2.35. The van der Waals surface area contributed by atoms with Crippen LogP contribution in [0.3, 0.4) is 0 Å². The molecule has 0 amide bonds. The third-order valence-electron chi connectivity index (χ3n) is 5.47. The molecule has 4 aromatic rings. The molecule has 31 heavy (non-hydrogen) atoms. The summed E-state index contributed by atoms with van der Waals surface area (Å²) in [6.07, 6.45) is 6.04. The number of nitrogens with zero attached hydrogens (tertiary/aromatic N) is 4. The first-order valence-corrected chi connectivity index (χ1v) is 10.5. The van der Waals surface area contributed by atoms with Gasteiger partial charge in [-0.25, -0.2) is 4.98 Å². The summed E-state index contributed by atoms with van der Waals surface area (Å²) in [6, 6.07) is 15.5.